The van der Waals surface area contributed by atoms with Crippen molar-refractivity contribution in [3.8, 4) is 28.7 Å². The number of phenolic OH excluding ortho intramolecular Hbond substituents is 1. The quantitative estimate of drug-likeness (QED) is 0.640. The number of carbonyl (C=O) groups is 1. The van der Waals surface area contributed by atoms with Crippen LogP contribution in [0.25, 0.3) is 11.5 Å². The normalized spacial score (nSPS) is 10.7. The molecule has 2 aromatic carbocycles. The zero-order chi connectivity index (χ0) is 20.1. The number of hydrogen-bond acceptors (Lipinski definition) is 6. The molecule has 1 aromatic heterocycles. The number of rotatable bonds is 7. The molecular weight excluding hydrogens is 374 g/mol. The molecule has 0 atom stereocenters. The van der Waals surface area contributed by atoms with E-state index >= 15 is 0 Å². The van der Waals surface area contributed by atoms with E-state index in [-0.39, 0.29) is 29.5 Å². The average molecular weight is 390 g/mol. The molecule has 0 unspecified atom stereocenters. The van der Waals surface area contributed by atoms with Gasteiger partial charge >= 0.3 is 6.61 Å². The topological polar surface area (TPSA) is 93.8 Å². The molecule has 0 saturated heterocycles. The van der Waals surface area contributed by atoms with Crippen LogP contribution >= 0.6 is 0 Å². The summed E-state index contributed by atoms with van der Waals surface area (Å²) in [6.07, 6.45) is 1.35. The van der Waals surface area contributed by atoms with Crippen molar-refractivity contribution in [2.75, 3.05) is 7.11 Å². The number of nitrogens with one attached hydrogen (secondary N) is 1. The van der Waals surface area contributed by atoms with Gasteiger partial charge in [0.05, 0.1) is 24.9 Å². The highest BCUT2D eigenvalue weighted by Gasteiger charge is 2.16. The lowest BCUT2D eigenvalue weighted by atomic mass is 10.2. The molecule has 7 nitrogen and oxygen atoms in total. The van der Waals surface area contributed by atoms with Crippen LogP contribution in [0.3, 0.4) is 0 Å². The second-order valence-corrected chi connectivity index (χ2v) is 5.59. The van der Waals surface area contributed by atoms with Gasteiger partial charge in [0, 0.05) is 5.56 Å². The monoisotopic (exact) mass is 390 g/mol. The van der Waals surface area contributed by atoms with Crippen LogP contribution in [0.2, 0.25) is 0 Å². The highest BCUT2D eigenvalue weighted by atomic mass is 19.3. The van der Waals surface area contributed by atoms with Gasteiger partial charge in [-0.1, -0.05) is 12.1 Å². The van der Waals surface area contributed by atoms with Crippen LogP contribution in [0, 0.1) is 0 Å². The third-order valence-electron chi connectivity index (χ3n) is 3.76. The lowest BCUT2D eigenvalue weighted by molar-refractivity contribution is -0.0501. The number of methoxy groups -OCH3 is 1. The van der Waals surface area contributed by atoms with Gasteiger partial charge in [-0.05, 0) is 30.3 Å². The van der Waals surface area contributed by atoms with Gasteiger partial charge < -0.3 is 24.3 Å². The van der Waals surface area contributed by atoms with Crippen molar-refractivity contribution >= 4 is 5.91 Å². The molecule has 0 bridgehead atoms. The summed E-state index contributed by atoms with van der Waals surface area (Å²) in [5.74, 6) is -0.327. The smallest absolute Gasteiger partial charge is 0.387 e. The van der Waals surface area contributed by atoms with Crippen molar-refractivity contribution in [1.29, 1.82) is 0 Å². The first-order valence-corrected chi connectivity index (χ1v) is 8.11. The van der Waals surface area contributed by atoms with Crippen molar-refractivity contribution in [1.82, 2.24) is 10.3 Å². The van der Waals surface area contributed by atoms with Crippen molar-refractivity contribution in [3.63, 3.8) is 0 Å². The summed E-state index contributed by atoms with van der Waals surface area (Å²) in [4.78, 5) is 16.5. The number of amides is 1. The summed E-state index contributed by atoms with van der Waals surface area (Å²) >= 11 is 0. The number of oxazole rings is 1. The highest BCUT2D eigenvalue weighted by molar-refractivity contribution is 5.96. The number of alkyl halides is 2. The van der Waals surface area contributed by atoms with Gasteiger partial charge in [0.2, 0.25) is 5.89 Å². The molecule has 1 amide bonds. The molecule has 9 heteroatoms. The van der Waals surface area contributed by atoms with Gasteiger partial charge in [-0.3, -0.25) is 4.79 Å². The molecule has 3 rings (SSSR count). The average Bonchev–Trinajstić information content (AvgIpc) is 3.15. The van der Waals surface area contributed by atoms with E-state index in [2.05, 4.69) is 15.0 Å². The SMILES string of the molecule is COc1ccc(-c2nc(CNC(=O)c3ccccc3OC(F)F)co2)cc1O. The molecule has 28 heavy (non-hydrogen) atoms. The molecule has 0 fully saturated rings. The molecule has 0 aliphatic heterocycles. The molecule has 1 heterocycles. The number of nitrogens with zero attached hydrogens (tertiary/aromatic N) is 1. The van der Waals surface area contributed by atoms with E-state index in [9.17, 15) is 18.7 Å². The summed E-state index contributed by atoms with van der Waals surface area (Å²) < 4.78 is 39.6. The number of halogens is 2. The van der Waals surface area contributed by atoms with Gasteiger partial charge in [0.15, 0.2) is 11.5 Å². The van der Waals surface area contributed by atoms with E-state index in [4.69, 9.17) is 9.15 Å². The van der Waals surface area contributed by atoms with Gasteiger partial charge in [0.1, 0.15) is 12.0 Å². The predicted octanol–water partition coefficient (Wildman–Crippen LogP) is 3.59. The van der Waals surface area contributed by atoms with Crippen molar-refractivity contribution in [3.05, 3.63) is 60.0 Å². The molecule has 0 saturated carbocycles. The predicted molar refractivity (Wildman–Crippen MR) is 94.4 cm³/mol. The number of phenols is 1. The summed E-state index contributed by atoms with van der Waals surface area (Å²) in [7, 11) is 1.44. The second-order valence-electron chi connectivity index (χ2n) is 5.59. The first-order valence-electron chi connectivity index (χ1n) is 8.11. The lowest BCUT2D eigenvalue weighted by Crippen LogP contribution is -2.24. The third kappa shape index (κ3) is 4.37. The summed E-state index contributed by atoms with van der Waals surface area (Å²) in [6, 6.07) is 10.3. The first kappa shape index (κ1) is 19.2. The fraction of sp³-hybridized carbons (Fsp3) is 0.158. The Bertz CT molecular complexity index is 974. The van der Waals surface area contributed by atoms with Crippen LogP contribution in [-0.4, -0.2) is 29.7 Å². The Morgan fingerprint density at radius 1 is 1.25 bits per heavy atom. The molecule has 0 radical (unpaired) electrons. The number of aromatic nitrogens is 1. The van der Waals surface area contributed by atoms with Gasteiger partial charge in [-0.15, -0.1) is 0 Å². The fourth-order valence-electron chi connectivity index (χ4n) is 2.46. The standard InChI is InChI=1S/C19H16F2N2O5/c1-26-16-7-6-11(8-14(16)24)18-23-12(10-27-18)9-22-17(25)13-4-2-3-5-15(13)28-19(20)21/h2-8,10,19,24H,9H2,1H3,(H,22,25). The molecule has 3 aromatic rings. The minimum absolute atomic E-state index is 0.00742. The van der Waals surface area contributed by atoms with Crippen LogP contribution in [-0.2, 0) is 6.54 Å². The first-order chi connectivity index (χ1) is 13.5. The van der Waals surface area contributed by atoms with Crippen LogP contribution in [0.15, 0.2) is 53.1 Å². The largest absolute Gasteiger partial charge is 0.504 e. The van der Waals surface area contributed by atoms with E-state index in [0.29, 0.717) is 17.0 Å². The summed E-state index contributed by atoms with van der Waals surface area (Å²) in [5, 5.41) is 12.4. The number of benzene rings is 2. The van der Waals surface area contributed by atoms with Crippen molar-refractivity contribution < 1.29 is 32.6 Å². The Hall–Kier alpha value is -3.62. The van der Waals surface area contributed by atoms with Gasteiger partial charge in [-0.2, -0.15) is 8.78 Å². The maximum absolute atomic E-state index is 12.5. The lowest BCUT2D eigenvalue weighted by Gasteiger charge is -2.10. The van der Waals surface area contributed by atoms with E-state index in [0.717, 1.165) is 0 Å². The number of aromatic hydroxyl groups is 1. The van der Waals surface area contributed by atoms with Crippen molar-refractivity contribution in [2.45, 2.75) is 13.2 Å². The third-order valence-corrected chi connectivity index (χ3v) is 3.76. The summed E-state index contributed by atoms with van der Waals surface area (Å²) in [6.45, 7) is -3.03. The maximum Gasteiger partial charge on any atom is 0.387 e. The summed E-state index contributed by atoms with van der Waals surface area (Å²) in [5.41, 5.74) is 0.907. The van der Waals surface area contributed by atoms with Crippen LogP contribution < -0.4 is 14.8 Å². The minimum Gasteiger partial charge on any atom is -0.504 e. The molecule has 2 N–H and O–H groups in total. The maximum atomic E-state index is 12.5. The van der Waals surface area contributed by atoms with E-state index < -0.39 is 12.5 Å². The fourth-order valence-corrected chi connectivity index (χ4v) is 2.46. The molecule has 0 aliphatic rings. The van der Waals surface area contributed by atoms with E-state index in [1.165, 1.54) is 43.7 Å². The molecule has 146 valence electrons. The van der Waals surface area contributed by atoms with Crippen LogP contribution in [0.5, 0.6) is 17.2 Å². The Kier molecular flexibility index (Phi) is 5.73. The Morgan fingerprint density at radius 2 is 2.04 bits per heavy atom. The van der Waals surface area contributed by atoms with Gasteiger partial charge in [-0.25, -0.2) is 4.98 Å². The minimum atomic E-state index is -3.03. The molecule has 0 aliphatic carbocycles. The molecular formula is C19H16F2N2O5. The number of hydrogen-bond donors (Lipinski definition) is 2. The Morgan fingerprint density at radius 3 is 2.75 bits per heavy atom. The van der Waals surface area contributed by atoms with Crippen LogP contribution in [0.1, 0.15) is 16.1 Å². The van der Waals surface area contributed by atoms with E-state index in [1.54, 1.807) is 12.1 Å². The number of para-hydroxylation sites is 1. The number of carbonyl (C=O) groups excluding carboxylic acids is 1. The zero-order valence-corrected chi connectivity index (χ0v) is 14.7. The van der Waals surface area contributed by atoms with Crippen molar-refractivity contribution in [2.24, 2.45) is 0 Å². The Labute approximate surface area is 158 Å². The molecule has 0 spiro atoms. The van der Waals surface area contributed by atoms with E-state index in [1.807, 2.05) is 0 Å². The highest BCUT2D eigenvalue weighted by Crippen LogP contribution is 2.31. The Balaban J connectivity index is 1.68. The second kappa shape index (κ2) is 8.38. The van der Waals surface area contributed by atoms with Gasteiger partial charge in [0.25, 0.3) is 5.91 Å². The number of ether oxygens (including phenoxy) is 2. The van der Waals surface area contributed by atoms with Crippen LogP contribution in [0.4, 0.5) is 8.78 Å². The zero-order valence-electron chi connectivity index (χ0n) is 14.7.